The Balaban J connectivity index is 3.18. The third-order valence-electron chi connectivity index (χ3n) is 5.42. The molecule has 0 heterocycles. The van der Waals surface area contributed by atoms with Gasteiger partial charge in [-0.3, -0.25) is 14.4 Å². The van der Waals surface area contributed by atoms with E-state index in [2.05, 4.69) is 0 Å². The lowest BCUT2D eigenvalue weighted by molar-refractivity contribution is -0.144. The summed E-state index contributed by atoms with van der Waals surface area (Å²) < 4.78 is 21.2. The van der Waals surface area contributed by atoms with E-state index in [1.807, 2.05) is 48.5 Å². The molecule has 0 aliphatic heterocycles. The summed E-state index contributed by atoms with van der Waals surface area (Å²) in [5.74, 6) is -2.31. The number of carbonyl (C=O) groups is 4. The van der Waals surface area contributed by atoms with Crippen molar-refractivity contribution in [3.63, 3.8) is 0 Å². The van der Waals surface area contributed by atoms with E-state index in [-0.39, 0.29) is 54.6 Å². The van der Waals surface area contributed by atoms with E-state index in [0.29, 0.717) is 12.0 Å². The van der Waals surface area contributed by atoms with Gasteiger partial charge in [-0.2, -0.15) is 0 Å². The minimum Gasteiger partial charge on any atom is -0.480 e. The molecular formula is C29H45NO9. The van der Waals surface area contributed by atoms with Crippen molar-refractivity contribution in [1.82, 2.24) is 0 Å². The van der Waals surface area contributed by atoms with Gasteiger partial charge < -0.3 is 29.8 Å². The molecule has 0 fully saturated rings. The van der Waals surface area contributed by atoms with Crippen LogP contribution in [0.25, 0.3) is 0 Å². The number of benzene rings is 1. The average molecular weight is 552 g/mol. The Morgan fingerprint density at radius 3 is 1.95 bits per heavy atom. The van der Waals surface area contributed by atoms with Crippen molar-refractivity contribution in [2.75, 3.05) is 6.61 Å². The van der Waals surface area contributed by atoms with Crippen LogP contribution < -0.4 is 15.2 Å². The maximum absolute atomic E-state index is 12.6. The van der Waals surface area contributed by atoms with Crippen LogP contribution in [-0.2, 0) is 30.3 Å². The largest absolute Gasteiger partial charge is 0.508 e. The van der Waals surface area contributed by atoms with Crippen LogP contribution in [0.15, 0.2) is 18.2 Å². The van der Waals surface area contributed by atoms with Gasteiger partial charge in [-0.25, -0.2) is 4.79 Å². The lowest BCUT2D eigenvalue weighted by Crippen LogP contribution is -2.52. The molecule has 0 amide bonds. The van der Waals surface area contributed by atoms with E-state index in [4.69, 9.17) is 24.7 Å². The third-order valence-corrected chi connectivity index (χ3v) is 5.42. The highest BCUT2D eigenvalue weighted by molar-refractivity contribution is 5.80. The first kappa shape index (κ1) is 33.9. The molecule has 3 N–H and O–H groups in total. The predicted molar refractivity (Wildman–Crippen MR) is 146 cm³/mol. The van der Waals surface area contributed by atoms with Crippen molar-refractivity contribution in [2.45, 2.75) is 106 Å². The summed E-state index contributed by atoms with van der Waals surface area (Å²) in [5.41, 5.74) is 4.21. The highest BCUT2D eigenvalue weighted by Crippen LogP contribution is 2.33. The molecule has 0 aliphatic rings. The Morgan fingerprint density at radius 1 is 0.923 bits per heavy atom. The number of esters is 2. The first-order valence-corrected chi connectivity index (χ1v) is 13.2. The van der Waals surface area contributed by atoms with Crippen molar-refractivity contribution in [2.24, 2.45) is 16.6 Å². The topological polar surface area (TPSA) is 151 Å². The Hall–Kier alpha value is -3.14. The molecule has 220 valence electrons. The smallest absolute Gasteiger partial charge is 0.480 e. The number of carbonyl (C=O) groups excluding carboxylic acids is 3. The summed E-state index contributed by atoms with van der Waals surface area (Å²) in [6.45, 7) is 15.0. The number of ether oxygens (including phenoxy) is 4. The maximum Gasteiger partial charge on any atom is 0.508 e. The third kappa shape index (κ3) is 13.5. The summed E-state index contributed by atoms with van der Waals surface area (Å²) in [5, 5.41) is 9.92. The second-order valence-corrected chi connectivity index (χ2v) is 12.4. The number of rotatable bonds is 13. The number of aliphatic carboxylic acids is 1. The second-order valence-electron chi connectivity index (χ2n) is 12.4. The van der Waals surface area contributed by atoms with Crippen LogP contribution in [0.4, 0.5) is 4.79 Å². The molecule has 1 aromatic carbocycles. The number of unbranched alkanes of at least 4 members (excludes halogenated alkanes) is 1. The van der Waals surface area contributed by atoms with Crippen LogP contribution in [0, 0.1) is 10.8 Å². The highest BCUT2D eigenvalue weighted by atomic mass is 16.7. The average Bonchev–Trinajstić information content (AvgIpc) is 2.72. The lowest BCUT2D eigenvalue weighted by Gasteiger charge is -2.28. The van der Waals surface area contributed by atoms with Crippen LogP contribution in [0.2, 0.25) is 0 Å². The predicted octanol–water partition coefficient (Wildman–Crippen LogP) is 5.43. The van der Waals surface area contributed by atoms with Gasteiger partial charge in [0.25, 0.3) is 0 Å². The molecular weight excluding hydrogens is 506 g/mol. The Labute approximate surface area is 231 Å². The maximum atomic E-state index is 12.6. The fourth-order valence-electron chi connectivity index (χ4n) is 3.66. The molecule has 0 radical (unpaired) electrons. The van der Waals surface area contributed by atoms with Crippen LogP contribution in [0.1, 0.15) is 93.1 Å². The van der Waals surface area contributed by atoms with Gasteiger partial charge in [0.05, 0.1) is 19.4 Å². The molecule has 1 aromatic rings. The van der Waals surface area contributed by atoms with E-state index >= 15 is 0 Å². The van der Waals surface area contributed by atoms with Crippen molar-refractivity contribution in [1.29, 1.82) is 0 Å². The number of carboxylic acid groups (broad SMARTS) is 1. The van der Waals surface area contributed by atoms with Gasteiger partial charge in [-0.15, -0.1) is 0 Å². The molecule has 0 aromatic heterocycles. The zero-order chi connectivity index (χ0) is 30.0. The molecule has 39 heavy (non-hydrogen) atoms. The lowest BCUT2D eigenvalue weighted by atomic mass is 9.86. The summed E-state index contributed by atoms with van der Waals surface area (Å²) in [6, 6.07) is 4.44. The minimum atomic E-state index is -1.82. The van der Waals surface area contributed by atoms with Gasteiger partial charge in [0.1, 0.15) is 11.6 Å². The fraction of sp³-hybridized carbons (Fsp3) is 0.655. The van der Waals surface area contributed by atoms with Crippen molar-refractivity contribution >= 4 is 24.1 Å². The summed E-state index contributed by atoms with van der Waals surface area (Å²) in [7, 11) is 0. The van der Waals surface area contributed by atoms with E-state index in [0.717, 1.165) is 6.42 Å². The van der Waals surface area contributed by atoms with E-state index in [1.165, 1.54) is 19.1 Å². The van der Waals surface area contributed by atoms with Crippen LogP contribution in [0.3, 0.4) is 0 Å². The first-order valence-electron chi connectivity index (χ1n) is 13.2. The molecule has 1 rings (SSSR count). The van der Waals surface area contributed by atoms with Crippen molar-refractivity contribution in [3.8, 4) is 11.5 Å². The van der Waals surface area contributed by atoms with Crippen molar-refractivity contribution in [3.05, 3.63) is 23.8 Å². The zero-order valence-corrected chi connectivity index (χ0v) is 24.5. The van der Waals surface area contributed by atoms with Gasteiger partial charge in [0.2, 0.25) is 0 Å². The second kappa shape index (κ2) is 14.3. The molecule has 10 nitrogen and oxygen atoms in total. The van der Waals surface area contributed by atoms with Gasteiger partial charge >= 0.3 is 24.1 Å². The molecule has 0 bridgehead atoms. The monoisotopic (exact) mass is 551 g/mol. The Bertz CT molecular complexity index is 1010. The number of carboxylic acids is 1. The van der Waals surface area contributed by atoms with E-state index < -0.39 is 35.7 Å². The SMILES string of the molecule is CCCCOC(=O)O[C@@H](C)CC(N)(Cc1ccc(OC(=O)CC(C)(C)C)c(OC(=O)CC(C)(C)C)c1)C(=O)O. The first-order chi connectivity index (χ1) is 17.8. The van der Waals surface area contributed by atoms with Crippen LogP contribution in [-0.4, -0.2) is 47.4 Å². The Morgan fingerprint density at radius 2 is 1.46 bits per heavy atom. The van der Waals surface area contributed by atoms with Crippen molar-refractivity contribution < 1.29 is 43.2 Å². The van der Waals surface area contributed by atoms with Gasteiger partial charge in [0.15, 0.2) is 11.5 Å². The summed E-state index contributed by atoms with van der Waals surface area (Å²) in [6.07, 6.45) is -0.354. The Kier molecular flexibility index (Phi) is 12.4. The molecule has 1 unspecified atom stereocenters. The van der Waals surface area contributed by atoms with E-state index in [1.54, 1.807) is 6.07 Å². The minimum absolute atomic E-state index is 0.0134. The molecule has 0 aliphatic carbocycles. The van der Waals surface area contributed by atoms with E-state index in [9.17, 15) is 24.3 Å². The number of hydrogen-bond donors (Lipinski definition) is 2. The van der Waals surface area contributed by atoms with Gasteiger partial charge in [0, 0.05) is 12.8 Å². The zero-order valence-electron chi connectivity index (χ0n) is 24.5. The summed E-state index contributed by atoms with van der Waals surface area (Å²) >= 11 is 0. The number of hydrogen-bond acceptors (Lipinski definition) is 9. The van der Waals surface area contributed by atoms with Crippen LogP contribution >= 0.6 is 0 Å². The van der Waals surface area contributed by atoms with Gasteiger partial charge in [-0.05, 0) is 41.9 Å². The molecule has 0 spiro atoms. The van der Waals surface area contributed by atoms with Crippen LogP contribution in [0.5, 0.6) is 11.5 Å². The fourth-order valence-corrected chi connectivity index (χ4v) is 3.66. The molecule has 10 heteroatoms. The highest BCUT2D eigenvalue weighted by Gasteiger charge is 2.37. The molecule has 0 saturated carbocycles. The quantitative estimate of drug-likeness (QED) is 0.184. The number of nitrogens with two attached hydrogens (primary N) is 1. The normalized spacial score (nSPS) is 14.1. The molecule has 2 atom stereocenters. The van der Waals surface area contributed by atoms with Gasteiger partial charge in [-0.1, -0.05) is 61.0 Å². The molecule has 0 saturated heterocycles. The summed E-state index contributed by atoms with van der Waals surface area (Å²) in [4.78, 5) is 49.1. The standard InChI is InChI=1S/C29H45NO9/c1-9-10-13-36-26(35)37-19(2)15-29(30,25(33)34)16-20-11-12-21(38-23(31)17-27(3,4)5)22(14-20)39-24(32)18-28(6,7)8/h11-12,14,19H,9-10,13,15-18,30H2,1-8H3,(H,33,34)/t19-,29?/m0/s1.